The van der Waals surface area contributed by atoms with Crippen LogP contribution in [0.15, 0.2) is 78.9 Å². The highest BCUT2D eigenvalue weighted by atomic mass is 16.4. The zero-order chi connectivity index (χ0) is 17.0. The van der Waals surface area contributed by atoms with Crippen molar-refractivity contribution in [2.45, 2.75) is 0 Å². The van der Waals surface area contributed by atoms with Gasteiger partial charge in [-0.2, -0.15) is 0 Å². The topological polar surface area (TPSA) is 40.5 Å². The summed E-state index contributed by atoms with van der Waals surface area (Å²) in [5.41, 5.74) is 0.512. The summed E-state index contributed by atoms with van der Waals surface area (Å²) in [4.78, 5) is 0. The summed E-state index contributed by atoms with van der Waals surface area (Å²) in [6, 6.07) is 26.8. The van der Waals surface area contributed by atoms with E-state index in [-0.39, 0.29) is 0 Å². The van der Waals surface area contributed by atoms with Gasteiger partial charge in [0.2, 0.25) is 0 Å². The molecule has 0 saturated carbocycles. The van der Waals surface area contributed by atoms with Gasteiger partial charge in [0.15, 0.2) is 0 Å². The Morgan fingerprint density at radius 2 is 1.12 bits per heavy atom. The summed E-state index contributed by atoms with van der Waals surface area (Å²) in [7, 11) is -1.46. The van der Waals surface area contributed by atoms with E-state index in [0.717, 1.165) is 16.2 Å². The van der Waals surface area contributed by atoms with Gasteiger partial charge in [-0.25, -0.2) is 0 Å². The van der Waals surface area contributed by atoms with Crippen molar-refractivity contribution in [1.82, 2.24) is 0 Å². The molecule has 0 heterocycles. The first-order valence-electron chi connectivity index (χ1n) is 8.36. The Balaban J connectivity index is 2.11. The maximum absolute atomic E-state index is 9.57. The third-order valence-electron chi connectivity index (χ3n) is 5.05. The van der Waals surface area contributed by atoms with Crippen LogP contribution in [0.2, 0.25) is 0 Å². The summed E-state index contributed by atoms with van der Waals surface area (Å²) in [6.45, 7) is 0. The molecule has 0 spiro atoms. The van der Waals surface area contributed by atoms with Crippen LogP contribution in [0, 0.1) is 0 Å². The monoisotopic (exact) mass is 322 g/mol. The maximum Gasteiger partial charge on any atom is 0.488 e. The highest BCUT2D eigenvalue weighted by molar-refractivity contribution is 6.59. The lowest BCUT2D eigenvalue weighted by molar-refractivity contribution is 0.426. The molecule has 0 aliphatic rings. The molecule has 5 aromatic carbocycles. The second kappa shape index (κ2) is 5.31. The molecule has 0 atom stereocenters. The second-order valence-corrected chi connectivity index (χ2v) is 6.43. The van der Waals surface area contributed by atoms with Gasteiger partial charge in [-0.1, -0.05) is 78.9 Å². The smallest absolute Gasteiger partial charge is 0.423 e. The van der Waals surface area contributed by atoms with Gasteiger partial charge in [-0.05, 0) is 48.6 Å². The fourth-order valence-corrected chi connectivity index (χ4v) is 3.90. The Morgan fingerprint density at radius 3 is 1.92 bits per heavy atom. The molecular formula is C22H15BO2. The number of hydrogen-bond acceptors (Lipinski definition) is 2. The summed E-state index contributed by atoms with van der Waals surface area (Å²) in [5.74, 6) is 0. The molecule has 5 aromatic rings. The van der Waals surface area contributed by atoms with E-state index in [0.29, 0.717) is 5.46 Å². The maximum atomic E-state index is 9.57. The molecule has 2 N–H and O–H groups in total. The van der Waals surface area contributed by atoms with Gasteiger partial charge in [0.25, 0.3) is 0 Å². The lowest BCUT2D eigenvalue weighted by Crippen LogP contribution is -2.29. The van der Waals surface area contributed by atoms with Crippen molar-refractivity contribution < 1.29 is 10.0 Å². The number of hydrogen-bond donors (Lipinski definition) is 2. The lowest BCUT2D eigenvalue weighted by atomic mass is 9.78. The Kier molecular flexibility index (Phi) is 3.08. The van der Waals surface area contributed by atoms with Crippen molar-refractivity contribution in [1.29, 1.82) is 0 Å². The molecule has 0 saturated heterocycles. The molecular weight excluding hydrogens is 307 g/mol. The highest BCUT2D eigenvalue weighted by Crippen LogP contribution is 2.38. The van der Waals surface area contributed by atoms with Crippen LogP contribution < -0.4 is 5.46 Å². The standard InChI is InChI=1S/C22H15BO2/c24-23(25)15-10-12-18-20-11-9-14-5-1-2-6-16(14)22(20)19-8-4-3-7-17(19)21(18)13-15/h1-13,24-25H. The van der Waals surface area contributed by atoms with Crippen molar-refractivity contribution in [3.05, 3.63) is 78.9 Å². The van der Waals surface area contributed by atoms with E-state index >= 15 is 0 Å². The van der Waals surface area contributed by atoms with Crippen LogP contribution in [0.5, 0.6) is 0 Å². The van der Waals surface area contributed by atoms with Gasteiger partial charge >= 0.3 is 7.12 Å². The van der Waals surface area contributed by atoms with Crippen LogP contribution in [0.25, 0.3) is 43.1 Å². The molecule has 0 radical (unpaired) electrons. The highest BCUT2D eigenvalue weighted by Gasteiger charge is 2.15. The number of fused-ring (bicyclic) bond motifs is 8. The first-order chi connectivity index (χ1) is 12.2. The first kappa shape index (κ1) is 14.5. The van der Waals surface area contributed by atoms with E-state index in [1.54, 1.807) is 6.07 Å². The number of rotatable bonds is 1. The molecule has 0 amide bonds. The van der Waals surface area contributed by atoms with Crippen molar-refractivity contribution in [3.63, 3.8) is 0 Å². The largest absolute Gasteiger partial charge is 0.488 e. The van der Waals surface area contributed by atoms with Crippen molar-refractivity contribution in [2.24, 2.45) is 0 Å². The van der Waals surface area contributed by atoms with E-state index in [1.165, 1.54) is 26.9 Å². The SMILES string of the molecule is OB(O)c1ccc2c(c1)c1ccccc1c1c3ccccc3ccc21. The molecule has 118 valence electrons. The average Bonchev–Trinajstić information content (AvgIpc) is 2.67. The van der Waals surface area contributed by atoms with Gasteiger partial charge in [-0.3, -0.25) is 0 Å². The Morgan fingerprint density at radius 1 is 0.520 bits per heavy atom. The van der Waals surface area contributed by atoms with Crippen LogP contribution >= 0.6 is 0 Å². The third kappa shape index (κ3) is 2.07. The summed E-state index contributed by atoms with van der Waals surface area (Å²) < 4.78 is 0. The van der Waals surface area contributed by atoms with E-state index in [4.69, 9.17) is 0 Å². The zero-order valence-electron chi connectivity index (χ0n) is 13.5. The molecule has 0 aliphatic heterocycles. The normalized spacial score (nSPS) is 11.6. The summed E-state index contributed by atoms with van der Waals surface area (Å²) in [5, 5.41) is 28.5. The van der Waals surface area contributed by atoms with Gasteiger partial charge in [0, 0.05) is 0 Å². The van der Waals surface area contributed by atoms with Gasteiger partial charge in [0.05, 0.1) is 0 Å². The van der Waals surface area contributed by atoms with E-state index in [1.807, 2.05) is 18.2 Å². The fraction of sp³-hybridized carbons (Fsp3) is 0. The van der Waals surface area contributed by atoms with Gasteiger partial charge in [-0.15, -0.1) is 0 Å². The second-order valence-electron chi connectivity index (χ2n) is 6.43. The molecule has 0 aromatic heterocycles. The Bertz CT molecular complexity index is 1250. The van der Waals surface area contributed by atoms with Crippen molar-refractivity contribution in [3.8, 4) is 0 Å². The van der Waals surface area contributed by atoms with Crippen LogP contribution in [-0.4, -0.2) is 17.2 Å². The molecule has 3 heteroatoms. The molecule has 0 fully saturated rings. The quantitative estimate of drug-likeness (QED) is 0.362. The van der Waals surface area contributed by atoms with Crippen LogP contribution in [0.1, 0.15) is 0 Å². The minimum absolute atomic E-state index is 0.512. The molecule has 0 aliphatic carbocycles. The Hall–Kier alpha value is -2.88. The lowest BCUT2D eigenvalue weighted by Gasteiger charge is -2.13. The van der Waals surface area contributed by atoms with Crippen LogP contribution in [-0.2, 0) is 0 Å². The predicted octanol–water partition coefficient (Wildman–Crippen LogP) is 3.98. The average molecular weight is 322 g/mol. The molecule has 0 bridgehead atoms. The van der Waals surface area contributed by atoms with E-state index in [2.05, 4.69) is 54.6 Å². The minimum Gasteiger partial charge on any atom is -0.423 e. The first-order valence-corrected chi connectivity index (χ1v) is 8.36. The van der Waals surface area contributed by atoms with E-state index in [9.17, 15) is 10.0 Å². The summed E-state index contributed by atoms with van der Waals surface area (Å²) >= 11 is 0. The van der Waals surface area contributed by atoms with Crippen molar-refractivity contribution >= 4 is 55.7 Å². The Labute approximate surface area is 145 Å². The van der Waals surface area contributed by atoms with Crippen molar-refractivity contribution in [2.75, 3.05) is 0 Å². The van der Waals surface area contributed by atoms with Crippen LogP contribution in [0.3, 0.4) is 0 Å². The summed E-state index contributed by atoms with van der Waals surface area (Å²) in [6.07, 6.45) is 0. The molecule has 0 unspecified atom stereocenters. The third-order valence-corrected chi connectivity index (χ3v) is 5.05. The number of benzene rings is 5. The van der Waals surface area contributed by atoms with E-state index < -0.39 is 7.12 Å². The fourth-order valence-electron chi connectivity index (χ4n) is 3.90. The molecule has 2 nitrogen and oxygen atoms in total. The van der Waals surface area contributed by atoms with Gasteiger partial charge < -0.3 is 10.0 Å². The predicted molar refractivity (Wildman–Crippen MR) is 106 cm³/mol. The minimum atomic E-state index is -1.46. The van der Waals surface area contributed by atoms with Crippen LogP contribution in [0.4, 0.5) is 0 Å². The molecule has 25 heavy (non-hydrogen) atoms. The van der Waals surface area contributed by atoms with Gasteiger partial charge in [0.1, 0.15) is 0 Å². The molecule has 5 rings (SSSR count). The zero-order valence-corrected chi connectivity index (χ0v) is 13.5.